The molecule has 0 saturated heterocycles. The van der Waals surface area contributed by atoms with Crippen LogP contribution >= 0.6 is 11.8 Å². The molecule has 14 heteroatoms. The highest BCUT2D eigenvalue weighted by molar-refractivity contribution is 8.00. The number of thioether (sulfide) groups is 1. The fraction of sp³-hybridized carbons (Fsp3) is 0.396. The lowest BCUT2D eigenvalue weighted by atomic mass is 9.84. The Bertz CT molecular complexity index is 1990. The van der Waals surface area contributed by atoms with Crippen molar-refractivity contribution in [3.05, 3.63) is 138 Å². The highest BCUT2D eigenvalue weighted by atomic mass is 32.2. The quantitative estimate of drug-likeness (QED) is 0.0483. The molecule has 0 spiro atoms. The molecule has 0 aromatic heterocycles. The Kier molecular flexibility index (Phi) is 17.3. The maximum absolute atomic E-state index is 14.3. The van der Waals surface area contributed by atoms with Gasteiger partial charge in [0.1, 0.15) is 29.0 Å². The number of esters is 1. The van der Waals surface area contributed by atoms with Crippen LogP contribution < -0.4 is 26.4 Å². The molecule has 0 aliphatic rings. The molecule has 0 fully saturated rings. The molecule has 5 atom stereocenters. The standard InChI is InChI=1S/C48H60N4O9S/c1-31(53)41(45(58)59)52-43(56)38(27-28-40(54)61-47(5,6)7)50-44(57)39(29-32-23-25-36(26-24-32)60-46(2,3)4)51-42(55)37(49)30-62-48(33-17-11-8-12-18-33,34-19-13-9-14-20-34)35-21-15-10-16-22-35/h8-26,31,37-39,41,53H,27-30,49H2,1-7H3,(H,50,57)(H,51,55)(H,52,56)(H,58,59)/t31-,37+,38+,39+,41+/m1/s1. The lowest BCUT2D eigenvalue weighted by Crippen LogP contribution is -2.59. The van der Waals surface area contributed by atoms with Crippen molar-refractivity contribution in [2.45, 2.75) is 114 Å². The minimum Gasteiger partial charge on any atom is -0.488 e. The van der Waals surface area contributed by atoms with Crippen molar-refractivity contribution in [1.82, 2.24) is 16.0 Å². The van der Waals surface area contributed by atoms with Gasteiger partial charge in [-0.05, 0) is 89.3 Å². The highest BCUT2D eigenvalue weighted by Crippen LogP contribution is 2.48. The molecule has 0 bridgehead atoms. The molecule has 7 N–H and O–H groups in total. The molecule has 332 valence electrons. The fourth-order valence-corrected chi connectivity index (χ4v) is 8.16. The fourth-order valence-electron chi connectivity index (χ4n) is 6.67. The maximum Gasteiger partial charge on any atom is 0.328 e. The smallest absolute Gasteiger partial charge is 0.328 e. The average molecular weight is 869 g/mol. The van der Waals surface area contributed by atoms with Crippen LogP contribution in [0.5, 0.6) is 5.75 Å². The molecule has 4 rings (SSSR count). The van der Waals surface area contributed by atoms with Gasteiger partial charge >= 0.3 is 11.9 Å². The van der Waals surface area contributed by atoms with Gasteiger partial charge in [0.05, 0.1) is 16.9 Å². The van der Waals surface area contributed by atoms with Crippen LogP contribution in [0.2, 0.25) is 0 Å². The van der Waals surface area contributed by atoms with Gasteiger partial charge in [-0.15, -0.1) is 11.8 Å². The Labute approximate surface area is 368 Å². The van der Waals surface area contributed by atoms with Crippen molar-refractivity contribution >= 4 is 41.4 Å². The Morgan fingerprint density at radius 2 is 1.13 bits per heavy atom. The van der Waals surface area contributed by atoms with E-state index in [4.69, 9.17) is 15.2 Å². The average Bonchev–Trinajstić information content (AvgIpc) is 3.21. The lowest BCUT2D eigenvalue weighted by molar-refractivity contribution is -0.155. The Morgan fingerprint density at radius 1 is 0.661 bits per heavy atom. The van der Waals surface area contributed by atoms with E-state index < -0.39 is 75.9 Å². The Hall–Kier alpha value is -5.70. The molecular formula is C48H60N4O9S. The Balaban J connectivity index is 1.66. The van der Waals surface area contributed by atoms with E-state index in [-0.39, 0.29) is 25.0 Å². The van der Waals surface area contributed by atoms with Gasteiger partial charge in [0.2, 0.25) is 17.7 Å². The summed E-state index contributed by atoms with van der Waals surface area (Å²) in [6.45, 7) is 12.0. The van der Waals surface area contributed by atoms with E-state index in [1.165, 1.54) is 18.7 Å². The van der Waals surface area contributed by atoms with Gasteiger partial charge in [0, 0.05) is 18.6 Å². The minimum absolute atomic E-state index is 0.0406. The van der Waals surface area contributed by atoms with Crippen molar-refractivity contribution in [2.75, 3.05) is 5.75 Å². The van der Waals surface area contributed by atoms with E-state index >= 15 is 0 Å². The summed E-state index contributed by atoms with van der Waals surface area (Å²) in [5.74, 6) is -3.84. The van der Waals surface area contributed by atoms with E-state index in [1.54, 1.807) is 45.0 Å². The van der Waals surface area contributed by atoms with Crippen molar-refractivity contribution in [2.24, 2.45) is 5.73 Å². The van der Waals surface area contributed by atoms with Crippen LogP contribution in [-0.2, 0) is 39.9 Å². The number of aliphatic hydroxyl groups is 1. The molecular weight excluding hydrogens is 809 g/mol. The molecule has 4 aromatic rings. The third kappa shape index (κ3) is 14.5. The van der Waals surface area contributed by atoms with Crippen LogP contribution in [0.4, 0.5) is 0 Å². The predicted molar refractivity (Wildman–Crippen MR) is 240 cm³/mol. The molecule has 13 nitrogen and oxygen atoms in total. The molecule has 0 aliphatic heterocycles. The van der Waals surface area contributed by atoms with Crippen molar-refractivity contribution in [1.29, 1.82) is 0 Å². The third-order valence-electron chi connectivity index (χ3n) is 9.51. The number of carbonyl (C=O) groups excluding carboxylic acids is 4. The summed E-state index contributed by atoms with van der Waals surface area (Å²) in [5.41, 5.74) is 8.96. The number of carboxylic acids is 1. The predicted octanol–water partition coefficient (Wildman–Crippen LogP) is 5.50. The number of benzene rings is 4. The zero-order chi connectivity index (χ0) is 45.7. The van der Waals surface area contributed by atoms with Crippen LogP contribution in [-0.4, -0.2) is 87.1 Å². The summed E-state index contributed by atoms with van der Waals surface area (Å²) in [7, 11) is 0. The number of amides is 3. The second-order valence-electron chi connectivity index (χ2n) is 17.1. The first kappa shape index (κ1) is 49.0. The number of rotatable bonds is 20. The normalized spacial score (nSPS) is 14.3. The van der Waals surface area contributed by atoms with Crippen molar-refractivity contribution in [3.8, 4) is 5.75 Å². The number of hydrogen-bond acceptors (Lipinski definition) is 10. The number of carboxylic acid groups (broad SMARTS) is 1. The van der Waals surface area contributed by atoms with Gasteiger partial charge in [-0.3, -0.25) is 19.2 Å². The molecule has 4 aromatic carbocycles. The first-order valence-electron chi connectivity index (χ1n) is 20.6. The number of nitrogens with two attached hydrogens (primary N) is 1. The van der Waals surface area contributed by atoms with Gasteiger partial charge in [-0.2, -0.15) is 0 Å². The van der Waals surface area contributed by atoms with Crippen LogP contribution in [0.3, 0.4) is 0 Å². The number of nitrogens with one attached hydrogen (secondary N) is 3. The molecule has 0 saturated carbocycles. The van der Waals surface area contributed by atoms with E-state index in [0.717, 1.165) is 16.7 Å². The highest BCUT2D eigenvalue weighted by Gasteiger charge is 2.39. The summed E-state index contributed by atoms with van der Waals surface area (Å²) >= 11 is 1.48. The first-order valence-corrected chi connectivity index (χ1v) is 21.5. The summed E-state index contributed by atoms with van der Waals surface area (Å²) in [6, 6.07) is 31.2. The van der Waals surface area contributed by atoms with E-state index in [0.29, 0.717) is 11.3 Å². The zero-order valence-electron chi connectivity index (χ0n) is 36.4. The number of aliphatic hydroxyl groups excluding tert-OH is 1. The van der Waals surface area contributed by atoms with Gasteiger partial charge in [-0.1, -0.05) is 103 Å². The van der Waals surface area contributed by atoms with E-state index in [1.807, 2.05) is 112 Å². The molecule has 0 aliphatic carbocycles. The van der Waals surface area contributed by atoms with Crippen molar-refractivity contribution < 1.29 is 43.7 Å². The number of ether oxygens (including phenoxy) is 2. The summed E-state index contributed by atoms with van der Waals surface area (Å²) < 4.78 is 10.6. The van der Waals surface area contributed by atoms with E-state index in [9.17, 15) is 34.2 Å². The summed E-state index contributed by atoms with van der Waals surface area (Å²) in [4.78, 5) is 66.7. The first-order chi connectivity index (χ1) is 29.2. The van der Waals surface area contributed by atoms with Crippen LogP contribution in [0, 0.1) is 0 Å². The third-order valence-corrected chi connectivity index (χ3v) is 11.2. The second-order valence-corrected chi connectivity index (χ2v) is 18.3. The molecule has 0 heterocycles. The second kappa shape index (κ2) is 21.9. The molecule has 3 amide bonds. The van der Waals surface area contributed by atoms with Gasteiger partial charge in [0.25, 0.3) is 0 Å². The van der Waals surface area contributed by atoms with Gasteiger partial charge < -0.3 is 41.4 Å². The van der Waals surface area contributed by atoms with Gasteiger partial charge in [-0.25, -0.2) is 4.79 Å². The van der Waals surface area contributed by atoms with Crippen LogP contribution in [0.15, 0.2) is 115 Å². The largest absolute Gasteiger partial charge is 0.488 e. The maximum atomic E-state index is 14.3. The number of hydrogen-bond donors (Lipinski definition) is 6. The lowest BCUT2D eigenvalue weighted by Gasteiger charge is -2.36. The molecule has 0 radical (unpaired) electrons. The topological polar surface area (TPSA) is 206 Å². The summed E-state index contributed by atoms with van der Waals surface area (Å²) in [6.07, 6.45) is -2.13. The monoisotopic (exact) mass is 868 g/mol. The van der Waals surface area contributed by atoms with E-state index in [2.05, 4.69) is 16.0 Å². The minimum atomic E-state index is -1.71. The molecule has 0 unspecified atom stereocenters. The Morgan fingerprint density at radius 3 is 1.56 bits per heavy atom. The summed E-state index contributed by atoms with van der Waals surface area (Å²) in [5, 5.41) is 27.5. The zero-order valence-corrected chi connectivity index (χ0v) is 37.2. The van der Waals surface area contributed by atoms with Crippen LogP contribution in [0.1, 0.15) is 83.6 Å². The van der Waals surface area contributed by atoms with Crippen LogP contribution in [0.25, 0.3) is 0 Å². The van der Waals surface area contributed by atoms with Gasteiger partial charge in [0.15, 0.2) is 6.04 Å². The molecule has 62 heavy (non-hydrogen) atoms. The number of aliphatic carboxylic acids is 1. The number of carbonyl (C=O) groups is 5. The SMILES string of the molecule is C[C@@H](O)[C@H](NC(=O)[C@H](CCC(=O)OC(C)(C)C)NC(=O)[C@H](Cc1ccc(OC(C)(C)C)cc1)NC(=O)[C@@H](N)CSC(c1ccccc1)(c1ccccc1)c1ccccc1)C(=O)O. The van der Waals surface area contributed by atoms with Crippen molar-refractivity contribution in [3.63, 3.8) is 0 Å².